The van der Waals surface area contributed by atoms with E-state index in [1.54, 1.807) is 13.2 Å². The van der Waals surface area contributed by atoms with E-state index in [0.717, 1.165) is 50.5 Å². The second kappa shape index (κ2) is 12.0. The van der Waals surface area contributed by atoms with Crippen LogP contribution in [0.25, 0.3) is 0 Å². The molecule has 2 aliphatic rings. The van der Waals surface area contributed by atoms with Gasteiger partial charge in [0.05, 0.1) is 12.1 Å². The zero-order chi connectivity index (χ0) is 21.3. The minimum Gasteiger partial charge on any atom is -0.459 e. The van der Waals surface area contributed by atoms with Gasteiger partial charge in [0.15, 0.2) is 5.79 Å². The first-order valence-electron chi connectivity index (χ1n) is 11.0. The molecular formula is C22H37NO5S. The van der Waals surface area contributed by atoms with Crippen molar-refractivity contribution in [1.29, 1.82) is 0 Å². The number of allylic oxidation sites excluding steroid dienone is 1. The maximum absolute atomic E-state index is 12.5. The predicted octanol–water partition coefficient (Wildman–Crippen LogP) is 4.96. The zero-order valence-corrected chi connectivity index (χ0v) is 19.1. The van der Waals surface area contributed by atoms with Gasteiger partial charge in [-0.25, -0.2) is 4.79 Å². The Balaban J connectivity index is 2.08. The molecule has 1 N–H and O–H groups in total. The standard InChI is InChI=1S/C22H37NO5S/c1-5-7-9-11-17-13-18(27-20(24)12-16(3)10-8-6-2)14-22(26-4,28-17)19-15-29-21(25)23-19/h12,17-19H,5-11,13-15H2,1-4H3,(H,23,25)/b16-12-/t17-,18?,19?,22?/m1/s1. The van der Waals surface area contributed by atoms with Crippen molar-refractivity contribution in [1.82, 2.24) is 5.32 Å². The Morgan fingerprint density at radius 2 is 2.07 bits per heavy atom. The molecule has 3 unspecified atom stereocenters. The first-order valence-corrected chi connectivity index (χ1v) is 11.9. The van der Waals surface area contributed by atoms with E-state index in [1.807, 2.05) is 6.92 Å². The van der Waals surface area contributed by atoms with E-state index in [1.165, 1.54) is 11.8 Å². The van der Waals surface area contributed by atoms with Crippen molar-refractivity contribution in [3.05, 3.63) is 11.6 Å². The Kier molecular flexibility index (Phi) is 9.99. The van der Waals surface area contributed by atoms with Crippen LogP contribution in [-0.4, -0.2) is 48.1 Å². The number of carbonyl (C=O) groups excluding carboxylic acids is 2. The van der Waals surface area contributed by atoms with Gasteiger partial charge < -0.3 is 19.5 Å². The fraction of sp³-hybridized carbons (Fsp3) is 0.818. The molecule has 1 amide bonds. The number of hydrogen-bond acceptors (Lipinski definition) is 6. The lowest BCUT2D eigenvalue weighted by atomic mass is 9.91. The summed E-state index contributed by atoms with van der Waals surface area (Å²) >= 11 is 1.24. The van der Waals surface area contributed by atoms with Crippen LogP contribution < -0.4 is 5.32 Å². The van der Waals surface area contributed by atoms with Gasteiger partial charge in [0.1, 0.15) is 6.10 Å². The Hall–Kier alpha value is -1.05. The number of amides is 1. The van der Waals surface area contributed by atoms with Crippen molar-refractivity contribution >= 4 is 23.0 Å². The lowest BCUT2D eigenvalue weighted by Crippen LogP contribution is -2.59. The van der Waals surface area contributed by atoms with Crippen molar-refractivity contribution in [2.24, 2.45) is 0 Å². The fourth-order valence-corrected chi connectivity index (χ4v) is 4.89. The number of nitrogens with one attached hydrogen (secondary N) is 1. The van der Waals surface area contributed by atoms with E-state index in [9.17, 15) is 9.59 Å². The van der Waals surface area contributed by atoms with Gasteiger partial charge in [0.2, 0.25) is 0 Å². The molecule has 2 rings (SSSR count). The number of unbranched alkanes of at least 4 members (excludes halogenated alkanes) is 3. The molecule has 4 atom stereocenters. The van der Waals surface area contributed by atoms with Crippen LogP contribution in [-0.2, 0) is 19.0 Å². The number of thioether (sulfide) groups is 1. The third-order valence-electron chi connectivity index (χ3n) is 5.66. The quantitative estimate of drug-likeness (QED) is 0.285. The van der Waals surface area contributed by atoms with Gasteiger partial charge in [0.25, 0.3) is 5.24 Å². The SMILES string of the molecule is CCCCC[C@@H]1CC(OC(=O)/C=C(/C)CCCC)CC(OC)(C2CSC(=O)N2)O1. The van der Waals surface area contributed by atoms with Gasteiger partial charge in [-0.15, -0.1) is 0 Å². The van der Waals surface area contributed by atoms with Crippen molar-refractivity contribution in [3.8, 4) is 0 Å². The van der Waals surface area contributed by atoms with Gasteiger partial charge in [-0.1, -0.05) is 56.9 Å². The molecule has 29 heavy (non-hydrogen) atoms. The van der Waals surface area contributed by atoms with Gasteiger partial charge in [-0.3, -0.25) is 4.79 Å². The maximum Gasteiger partial charge on any atom is 0.330 e. The molecule has 2 heterocycles. The largest absolute Gasteiger partial charge is 0.459 e. The summed E-state index contributed by atoms with van der Waals surface area (Å²) in [5, 5.41) is 2.89. The van der Waals surface area contributed by atoms with Crippen LogP contribution in [0.5, 0.6) is 0 Å². The Morgan fingerprint density at radius 1 is 1.31 bits per heavy atom. The van der Waals surface area contributed by atoms with Gasteiger partial charge >= 0.3 is 5.97 Å². The number of rotatable bonds is 11. The second-order valence-electron chi connectivity index (χ2n) is 8.14. The topological polar surface area (TPSA) is 73.9 Å². The van der Waals surface area contributed by atoms with Crippen LogP contribution >= 0.6 is 11.8 Å². The van der Waals surface area contributed by atoms with E-state index < -0.39 is 5.79 Å². The molecule has 2 fully saturated rings. The average molecular weight is 428 g/mol. The van der Waals surface area contributed by atoms with Gasteiger partial charge in [-0.2, -0.15) is 0 Å². The molecular weight excluding hydrogens is 390 g/mol. The van der Waals surface area contributed by atoms with Gasteiger partial charge in [-0.05, 0) is 26.2 Å². The molecule has 6 nitrogen and oxygen atoms in total. The monoisotopic (exact) mass is 427 g/mol. The number of esters is 1. The minimum absolute atomic E-state index is 0.0549. The fourth-order valence-electron chi connectivity index (χ4n) is 4.01. The smallest absolute Gasteiger partial charge is 0.330 e. The Bertz CT molecular complexity index is 582. The number of carbonyl (C=O) groups is 2. The number of ether oxygens (including phenoxy) is 3. The molecule has 0 spiro atoms. The molecule has 7 heteroatoms. The van der Waals surface area contributed by atoms with Crippen LogP contribution in [0.3, 0.4) is 0 Å². The molecule has 0 aromatic rings. The van der Waals surface area contributed by atoms with Crippen molar-refractivity contribution in [2.75, 3.05) is 12.9 Å². The zero-order valence-electron chi connectivity index (χ0n) is 18.3. The maximum atomic E-state index is 12.5. The van der Waals surface area contributed by atoms with Crippen LogP contribution in [0.1, 0.15) is 78.6 Å². The first kappa shape index (κ1) is 24.2. The highest BCUT2D eigenvalue weighted by atomic mass is 32.2. The van der Waals surface area contributed by atoms with Crippen molar-refractivity contribution < 1.29 is 23.8 Å². The lowest BCUT2D eigenvalue weighted by Gasteiger charge is -2.46. The van der Waals surface area contributed by atoms with Crippen LogP contribution in [0, 0.1) is 0 Å². The summed E-state index contributed by atoms with van der Waals surface area (Å²) < 4.78 is 18.1. The van der Waals surface area contributed by atoms with Crippen molar-refractivity contribution in [3.63, 3.8) is 0 Å². The van der Waals surface area contributed by atoms with E-state index in [-0.39, 0.29) is 29.5 Å². The Labute approximate surface area is 179 Å². The average Bonchev–Trinajstić information content (AvgIpc) is 3.13. The summed E-state index contributed by atoms with van der Waals surface area (Å²) in [5.74, 6) is -0.668. The molecule has 0 aromatic carbocycles. The highest BCUT2D eigenvalue weighted by molar-refractivity contribution is 8.14. The molecule has 2 aliphatic heterocycles. The van der Waals surface area contributed by atoms with E-state index >= 15 is 0 Å². The highest BCUT2D eigenvalue weighted by Crippen LogP contribution is 2.38. The van der Waals surface area contributed by atoms with E-state index in [2.05, 4.69) is 19.2 Å². The van der Waals surface area contributed by atoms with Crippen LogP contribution in [0.2, 0.25) is 0 Å². The normalized spacial score (nSPS) is 30.3. The summed E-state index contributed by atoms with van der Waals surface area (Å²) in [4.78, 5) is 24.2. The van der Waals surface area contributed by atoms with Crippen LogP contribution in [0.4, 0.5) is 4.79 Å². The highest BCUT2D eigenvalue weighted by Gasteiger charge is 2.51. The minimum atomic E-state index is -0.958. The van der Waals surface area contributed by atoms with E-state index in [0.29, 0.717) is 18.6 Å². The first-order chi connectivity index (χ1) is 13.9. The summed E-state index contributed by atoms with van der Waals surface area (Å²) in [6.45, 7) is 6.28. The lowest BCUT2D eigenvalue weighted by molar-refractivity contribution is -0.296. The third kappa shape index (κ3) is 7.30. The summed E-state index contributed by atoms with van der Waals surface area (Å²) in [6, 6.07) is -0.248. The Morgan fingerprint density at radius 3 is 2.69 bits per heavy atom. The number of hydrogen-bond donors (Lipinski definition) is 1. The summed E-state index contributed by atoms with van der Waals surface area (Å²) in [7, 11) is 1.61. The summed E-state index contributed by atoms with van der Waals surface area (Å²) in [5.41, 5.74) is 1.04. The van der Waals surface area contributed by atoms with E-state index in [4.69, 9.17) is 14.2 Å². The molecule has 0 aliphatic carbocycles. The molecule has 2 saturated heterocycles. The molecule has 0 bridgehead atoms. The molecule has 166 valence electrons. The molecule has 0 saturated carbocycles. The summed E-state index contributed by atoms with van der Waals surface area (Å²) in [6.07, 6.45) is 9.65. The van der Waals surface area contributed by atoms with Gasteiger partial charge in [0, 0.05) is 31.8 Å². The number of methoxy groups -OCH3 is 1. The molecule has 0 radical (unpaired) electrons. The predicted molar refractivity (Wildman–Crippen MR) is 116 cm³/mol. The van der Waals surface area contributed by atoms with Crippen molar-refractivity contribution in [2.45, 2.75) is 103 Å². The molecule has 0 aromatic heterocycles. The second-order valence-corrected chi connectivity index (χ2v) is 9.13. The third-order valence-corrected chi connectivity index (χ3v) is 6.54. The van der Waals surface area contributed by atoms with Crippen LogP contribution in [0.15, 0.2) is 11.6 Å².